The van der Waals surface area contributed by atoms with Crippen LogP contribution < -0.4 is 9.80 Å². The standard InChI is InChI=1S/C27H30N2O2/c1-5-26(30)28(4)22-15-13-21(14-16-22)24-18-17-23(29(7-3)27(31)6-2)19-25(24)20-11-9-8-10-12-20/h8-19H,5-7H2,1-4H3. The second-order valence-corrected chi connectivity index (χ2v) is 7.44. The first-order chi connectivity index (χ1) is 15.0. The van der Waals surface area contributed by atoms with Crippen molar-refractivity contribution >= 4 is 23.2 Å². The number of rotatable bonds is 7. The van der Waals surface area contributed by atoms with Crippen molar-refractivity contribution in [2.45, 2.75) is 33.6 Å². The van der Waals surface area contributed by atoms with E-state index < -0.39 is 0 Å². The molecule has 0 N–H and O–H groups in total. The van der Waals surface area contributed by atoms with E-state index in [0.717, 1.165) is 33.6 Å². The van der Waals surface area contributed by atoms with Crippen LogP contribution >= 0.6 is 0 Å². The number of carbonyl (C=O) groups is 2. The summed E-state index contributed by atoms with van der Waals surface area (Å²) in [5.74, 6) is 0.199. The van der Waals surface area contributed by atoms with Crippen molar-refractivity contribution < 1.29 is 9.59 Å². The van der Waals surface area contributed by atoms with Crippen LogP contribution in [0.2, 0.25) is 0 Å². The summed E-state index contributed by atoms with van der Waals surface area (Å²) in [6.07, 6.45) is 0.948. The van der Waals surface area contributed by atoms with Crippen LogP contribution in [0.15, 0.2) is 72.8 Å². The van der Waals surface area contributed by atoms with E-state index in [2.05, 4.69) is 24.3 Å². The van der Waals surface area contributed by atoms with Gasteiger partial charge in [-0.15, -0.1) is 0 Å². The average molecular weight is 415 g/mol. The first-order valence-corrected chi connectivity index (χ1v) is 10.9. The molecule has 0 aliphatic carbocycles. The highest BCUT2D eigenvalue weighted by Crippen LogP contribution is 2.36. The second kappa shape index (κ2) is 10.1. The van der Waals surface area contributed by atoms with E-state index in [1.54, 1.807) is 11.9 Å². The highest BCUT2D eigenvalue weighted by molar-refractivity contribution is 5.96. The van der Waals surface area contributed by atoms with Gasteiger partial charge in [0.25, 0.3) is 0 Å². The Morgan fingerprint density at radius 3 is 1.84 bits per heavy atom. The zero-order valence-corrected chi connectivity index (χ0v) is 18.8. The van der Waals surface area contributed by atoms with Crippen LogP contribution in [0.4, 0.5) is 11.4 Å². The SMILES string of the molecule is CCC(=O)N(C)c1ccc(-c2ccc(N(CC)C(=O)CC)cc2-c2ccccc2)cc1. The molecule has 0 aromatic heterocycles. The normalized spacial score (nSPS) is 10.6. The molecule has 0 spiro atoms. The molecule has 0 unspecified atom stereocenters. The summed E-state index contributed by atoms with van der Waals surface area (Å²) in [5, 5.41) is 0. The van der Waals surface area contributed by atoms with E-state index in [-0.39, 0.29) is 11.8 Å². The Kier molecular flexibility index (Phi) is 7.24. The number of anilines is 2. The third-order valence-corrected chi connectivity index (χ3v) is 5.56. The molecule has 0 radical (unpaired) electrons. The van der Waals surface area contributed by atoms with Gasteiger partial charge in [-0.1, -0.05) is 62.4 Å². The highest BCUT2D eigenvalue weighted by atomic mass is 16.2. The Labute approximate surface area is 185 Å². The summed E-state index contributed by atoms with van der Waals surface area (Å²) < 4.78 is 0. The third-order valence-electron chi connectivity index (χ3n) is 5.56. The molecule has 0 fully saturated rings. The Hall–Kier alpha value is -3.40. The first kappa shape index (κ1) is 22.3. The van der Waals surface area contributed by atoms with E-state index >= 15 is 0 Å². The molecule has 31 heavy (non-hydrogen) atoms. The fourth-order valence-electron chi connectivity index (χ4n) is 3.75. The van der Waals surface area contributed by atoms with Gasteiger partial charge in [0.1, 0.15) is 0 Å². The van der Waals surface area contributed by atoms with Crippen molar-refractivity contribution in [3.63, 3.8) is 0 Å². The lowest BCUT2D eigenvalue weighted by molar-refractivity contribution is -0.118. The van der Waals surface area contributed by atoms with Crippen molar-refractivity contribution in [3.05, 3.63) is 72.8 Å². The number of amides is 2. The van der Waals surface area contributed by atoms with Gasteiger partial charge in [-0.2, -0.15) is 0 Å². The topological polar surface area (TPSA) is 40.6 Å². The molecule has 0 saturated carbocycles. The van der Waals surface area contributed by atoms with Crippen LogP contribution in [0.3, 0.4) is 0 Å². The quantitative estimate of drug-likeness (QED) is 0.465. The van der Waals surface area contributed by atoms with Gasteiger partial charge >= 0.3 is 0 Å². The molecular weight excluding hydrogens is 384 g/mol. The molecular formula is C27H30N2O2. The lowest BCUT2D eigenvalue weighted by Crippen LogP contribution is -2.29. The number of hydrogen-bond acceptors (Lipinski definition) is 2. The van der Waals surface area contributed by atoms with Crippen molar-refractivity contribution in [1.82, 2.24) is 0 Å². The van der Waals surface area contributed by atoms with Crippen LogP contribution in [-0.4, -0.2) is 25.4 Å². The van der Waals surface area contributed by atoms with Gasteiger partial charge < -0.3 is 9.80 Å². The molecule has 0 aliphatic heterocycles. The maximum absolute atomic E-state index is 12.4. The van der Waals surface area contributed by atoms with Crippen LogP contribution in [0.1, 0.15) is 33.6 Å². The average Bonchev–Trinajstić information content (AvgIpc) is 2.84. The van der Waals surface area contributed by atoms with Gasteiger partial charge in [-0.25, -0.2) is 0 Å². The summed E-state index contributed by atoms with van der Waals surface area (Å²) in [6, 6.07) is 24.5. The molecule has 4 nitrogen and oxygen atoms in total. The summed E-state index contributed by atoms with van der Waals surface area (Å²) in [6.45, 7) is 6.38. The Morgan fingerprint density at radius 1 is 0.677 bits per heavy atom. The second-order valence-electron chi connectivity index (χ2n) is 7.44. The summed E-state index contributed by atoms with van der Waals surface area (Å²) in [4.78, 5) is 27.9. The zero-order valence-electron chi connectivity index (χ0n) is 18.8. The molecule has 3 aromatic rings. The number of nitrogens with zero attached hydrogens (tertiary/aromatic N) is 2. The van der Waals surface area contributed by atoms with E-state index in [9.17, 15) is 9.59 Å². The van der Waals surface area contributed by atoms with Crippen molar-refractivity contribution in [3.8, 4) is 22.3 Å². The van der Waals surface area contributed by atoms with Gasteiger partial charge in [0.2, 0.25) is 11.8 Å². The molecule has 2 amide bonds. The Bertz CT molecular complexity index is 1040. The maximum Gasteiger partial charge on any atom is 0.226 e. The molecule has 3 aromatic carbocycles. The minimum atomic E-state index is 0.0855. The number of benzene rings is 3. The summed E-state index contributed by atoms with van der Waals surface area (Å²) >= 11 is 0. The van der Waals surface area contributed by atoms with E-state index in [0.29, 0.717) is 19.4 Å². The summed E-state index contributed by atoms with van der Waals surface area (Å²) in [5.41, 5.74) is 6.11. The zero-order chi connectivity index (χ0) is 22.4. The van der Waals surface area contributed by atoms with Crippen LogP contribution in [0.25, 0.3) is 22.3 Å². The Balaban J connectivity index is 2.08. The molecule has 3 rings (SSSR count). The molecule has 4 heteroatoms. The van der Waals surface area contributed by atoms with Crippen molar-refractivity contribution in [2.75, 3.05) is 23.4 Å². The van der Waals surface area contributed by atoms with Gasteiger partial charge in [-0.3, -0.25) is 9.59 Å². The lowest BCUT2D eigenvalue weighted by Gasteiger charge is -2.23. The molecule has 0 saturated heterocycles. The van der Waals surface area contributed by atoms with Crippen LogP contribution in [0, 0.1) is 0 Å². The van der Waals surface area contributed by atoms with E-state index in [1.165, 1.54) is 0 Å². The monoisotopic (exact) mass is 414 g/mol. The smallest absolute Gasteiger partial charge is 0.226 e. The van der Waals surface area contributed by atoms with Gasteiger partial charge in [-0.05, 0) is 53.4 Å². The first-order valence-electron chi connectivity index (χ1n) is 10.9. The predicted molar refractivity (Wildman–Crippen MR) is 129 cm³/mol. The van der Waals surface area contributed by atoms with Gasteiger partial charge in [0.05, 0.1) is 0 Å². The fraction of sp³-hybridized carbons (Fsp3) is 0.259. The summed E-state index contributed by atoms with van der Waals surface area (Å²) in [7, 11) is 1.80. The minimum Gasteiger partial charge on any atom is -0.316 e. The molecule has 160 valence electrons. The predicted octanol–water partition coefficient (Wildman–Crippen LogP) is 6.16. The molecule has 0 heterocycles. The molecule has 0 bridgehead atoms. The van der Waals surface area contributed by atoms with Gasteiger partial charge in [0, 0.05) is 37.8 Å². The lowest BCUT2D eigenvalue weighted by atomic mass is 9.93. The highest BCUT2D eigenvalue weighted by Gasteiger charge is 2.16. The van der Waals surface area contributed by atoms with Crippen LogP contribution in [0.5, 0.6) is 0 Å². The number of hydrogen-bond donors (Lipinski definition) is 0. The maximum atomic E-state index is 12.4. The minimum absolute atomic E-state index is 0.0855. The van der Waals surface area contributed by atoms with E-state index in [4.69, 9.17) is 0 Å². The van der Waals surface area contributed by atoms with E-state index in [1.807, 2.05) is 74.2 Å². The number of carbonyl (C=O) groups excluding carboxylic acids is 2. The van der Waals surface area contributed by atoms with Crippen LogP contribution in [-0.2, 0) is 9.59 Å². The molecule has 0 atom stereocenters. The largest absolute Gasteiger partial charge is 0.316 e. The fourth-order valence-corrected chi connectivity index (χ4v) is 3.75. The Morgan fingerprint density at radius 2 is 1.26 bits per heavy atom. The van der Waals surface area contributed by atoms with Crippen molar-refractivity contribution in [1.29, 1.82) is 0 Å². The third kappa shape index (κ3) is 4.85. The van der Waals surface area contributed by atoms with Crippen molar-refractivity contribution in [2.24, 2.45) is 0 Å². The molecule has 0 aliphatic rings. The van der Waals surface area contributed by atoms with Gasteiger partial charge in [0.15, 0.2) is 0 Å².